The molecular formula is C8H14N2OS2. The van der Waals surface area contributed by atoms with E-state index >= 15 is 0 Å². The Labute approximate surface area is 87.8 Å². The lowest BCUT2D eigenvalue weighted by Gasteiger charge is -2.14. The molecular weight excluding hydrogens is 204 g/mol. The Morgan fingerprint density at radius 3 is 2.92 bits per heavy atom. The molecule has 0 aliphatic carbocycles. The van der Waals surface area contributed by atoms with Crippen LogP contribution in [-0.2, 0) is 4.79 Å². The second-order valence-corrected chi connectivity index (χ2v) is 4.81. The van der Waals surface area contributed by atoms with Gasteiger partial charge < -0.3 is 11.1 Å². The molecule has 1 fully saturated rings. The van der Waals surface area contributed by atoms with Crippen molar-refractivity contribution in [2.45, 2.75) is 19.4 Å². The van der Waals surface area contributed by atoms with Crippen LogP contribution in [0.4, 0.5) is 0 Å². The first-order chi connectivity index (χ1) is 6.11. The van der Waals surface area contributed by atoms with Gasteiger partial charge in [0.1, 0.15) is 0 Å². The molecule has 2 unspecified atom stereocenters. The van der Waals surface area contributed by atoms with E-state index in [9.17, 15) is 4.79 Å². The van der Waals surface area contributed by atoms with Gasteiger partial charge in [-0.25, -0.2) is 0 Å². The lowest BCUT2D eigenvalue weighted by molar-refractivity contribution is -0.124. The Balaban J connectivity index is 2.35. The van der Waals surface area contributed by atoms with Gasteiger partial charge in [-0.15, -0.1) is 0 Å². The highest BCUT2D eigenvalue weighted by Crippen LogP contribution is 2.23. The van der Waals surface area contributed by atoms with Crippen LogP contribution in [-0.4, -0.2) is 28.4 Å². The second-order valence-electron chi connectivity index (χ2n) is 3.19. The largest absolute Gasteiger partial charge is 0.392 e. The van der Waals surface area contributed by atoms with Gasteiger partial charge in [-0.05, 0) is 19.1 Å². The third-order valence-electron chi connectivity index (χ3n) is 2.09. The predicted molar refractivity (Wildman–Crippen MR) is 59.8 cm³/mol. The van der Waals surface area contributed by atoms with Crippen LogP contribution in [0.2, 0.25) is 0 Å². The van der Waals surface area contributed by atoms with Gasteiger partial charge >= 0.3 is 0 Å². The molecule has 1 saturated heterocycles. The Hall–Kier alpha value is -0.290. The van der Waals surface area contributed by atoms with E-state index in [0.717, 1.165) is 17.9 Å². The molecule has 3 nitrogen and oxygen atoms in total. The van der Waals surface area contributed by atoms with Crippen LogP contribution in [0, 0.1) is 5.92 Å². The number of amides is 1. The minimum Gasteiger partial charge on any atom is -0.392 e. The lowest BCUT2D eigenvalue weighted by atomic mass is 10.1. The molecule has 0 bridgehead atoms. The zero-order valence-corrected chi connectivity index (χ0v) is 9.21. The fourth-order valence-electron chi connectivity index (χ4n) is 1.14. The van der Waals surface area contributed by atoms with Crippen molar-refractivity contribution in [2.24, 2.45) is 11.7 Å². The monoisotopic (exact) mass is 218 g/mol. The van der Waals surface area contributed by atoms with E-state index in [1.54, 1.807) is 0 Å². The molecule has 0 radical (unpaired) electrons. The maximum atomic E-state index is 11.5. The second kappa shape index (κ2) is 4.81. The minimum absolute atomic E-state index is 0.0882. The van der Waals surface area contributed by atoms with E-state index in [0.29, 0.717) is 4.99 Å². The molecule has 0 saturated carbocycles. The van der Waals surface area contributed by atoms with Crippen LogP contribution in [0.1, 0.15) is 13.3 Å². The van der Waals surface area contributed by atoms with Gasteiger partial charge in [-0.1, -0.05) is 12.2 Å². The van der Waals surface area contributed by atoms with Gasteiger partial charge in [-0.3, -0.25) is 4.79 Å². The molecule has 0 aromatic rings. The van der Waals surface area contributed by atoms with Crippen molar-refractivity contribution >= 4 is 34.9 Å². The number of carbonyl (C=O) groups is 1. The van der Waals surface area contributed by atoms with E-state index in [-0.39, 0.29) is 17.9 Å². The minimum atomic E-state index is -0.187. The molecule has 13 heavy (non-hydrogen) atoms. The maximum Gasteiger partial charge on any atom is 0.224 e. The van der Waals surface area contributed by atoms with Gasteiger partial charge in [0, 0.05) is 11.7 Å². The Kier molecular flexibility index (Phi) is 3.99. The molecule has 0 aromatic carbocycles. The summed E-state index contributed by atoms with van der Waals surface area (Å²) in [7, 11) is 0. The average molecular weight is 218 g/mol. The van der Waals surface area contributed by atoms with Crippen LogP contribution in [0.5, 0.6) is 0 Å². The molecule has 0 aromatic heterocycles. The zero-order chi connectivity index (χ0) is 9.84. The number of carbonyl (C=O) groups excluding carboxylic acids is 1. The van der Waals surface area contributed by atoms with E-state index in [4.69, 9.17) is 18.0 Å². The zero-order valence-electron chi connectivity index (χ0n) is 7.58. The molecule has 3 N–H and O–H groups in total. The molecule has 1 rings (SSSR count). The van der Waals surface area contributed by atoms with Crippen molar-refractivity contribution in [3.8, 4) is 0 Å². The van der Waals surface area contributed by atoms with Gasteiger partial charge in [0.15, 0.2) is 0 Å². The summed E-state index contributed by atoms with van der Waals surface area (Å²) in [6.07, 6.45) is 0.973. The van der Waals surface area contributed by atoms with Gasteiger partial charge in [0.05, 0.1) is 11.0 Å². The fraction of sp³-hybridized carbons (Fsp3) is 0.750. The number of thiocarbonyl (C=S) groups is 1. The van der Waals surface area contributed by atoms with Gasteiger partial charge in [0.25, 0.3) is 0 Å². The van der Waals surface area contributed by atoms with E-state index in [1.807, 2.05) is 18.7 Å². The first kappa shape index (κ1) is 10.8. The fourth-order valence-corrected chi connectivity index (χ4v) is 2.42. The Morgan fingerprint density at radius 1 is 1.77 bits per heavy atom. The highest BCUT2D eigenvalue weighted by Gasteiger charge is 2.24. The van der Waals surface area contributed by atoms with E-state index in [2.05, 4.69) is 5.32 Å². The van der Waals surface area contributed by atoms with Gasteiger partial charge in [-0.2, -0.15) is 11.8 Å². The third kappa shape index (κ3) is 3.15. The van der Waals surface area contributed by atoms with Crippen molar-refractivity contribution in [1.29, 1.82) is 0 Å². The highest BCUT2D eigenvalue weighted by atomic mass is 32.2. The van der Waals surface area contributed by atoms with Crippen molar-refractivity contribution in [3.05, 3.63) is 0 Å². The Morgan fingerprint density at radius 2 is 2.46 bits per heavy atom. The number of thioether (sulfide) groups is 1. The number of rotatable bonds is 3. The summed E-state index contributed by atoms with van der Waals surface area (Å²) in [5.74, 6) is 2.25. The molecule has 5 heteroatoms. The SMILES string of the molecule is CC(NC(=O)C1CCSC1)C(N)=S. The molecule has 1 heterocycles. The first-order valence-corrected chi connectivity index (χ1v) is 5.85. The number of hydrogen-bond acceptors (Lipinski definition) is 3. The Bertz CT molecular complexity index is 214. The van der Waals surface area contributed by atoms with Crippen molar-refractivity contribution in [3.63, 3.8) is 0 Å². The van der Waals surface area contributed by atoms with Crippen LogP contribution in [0.15, 0.2) is 0 Å². The predicted octanol–water partition coefficient (Wildman–Crippen LogP) is 0.530. The molecule has 0 spiro atoms. The first-order valence-electron chi connectivity index (χ1n) is 4.28. The molecule has 1 aliphatic rings. The van der Waals surface area contributed by atoms with E-state index < -0.39 is 0 Å². The van der Waals surface area contributed by atoms with Crippen LogP contribution in [0.25, 0.3) is 0 Å². The maximum absolute atomic E-state index is 11.5. The standard InChI is InChI=1S/C8H14N2OS2/c1-5(7(9)12)10-8(11)6-2-3-13-4-6/h5-6H,2-4H2,1H3,(H2,9,12)(H,10,11). The summed E-state index contributed by atoms with van der Waals surface area (Å²) in [4.78, 5) is 11.9. The average Bonchev–Trinajstić information content (AvgIpc) is 2.55. The molecule has 2 atom stereocenters. The lowest BCUT2D eigenvalue weighted by Crippen LogP contribution is -2.43. The van der Waals surface area contributed by atoms with Crippen molar-refractivity contribution < 1.29 is 4.79 Å². The highest BCUT2D eigenvalue weighted by molar-refractivity contribution is 7.99. The van der Waals surface area contributed by atoms with Crippen LogP contribution >= 0.6 is 24.0 Å². The molecule has 1 aliphatic heterocycles. The third-order valence-corrected chi connectivity index (χ3v) is 3.60. The van der Waals surface area contributed by atoms with E-state index in [1.165, 1.54) is 0 Å². The summed E-state index contributed by atoms with van der Waals surface area (Å²) in [5.41, 5.74) is 5.39. The van der Waals surface area contributed by atoms with Crippen LogP contribution in [0.3, 0.4) is 0 Å². The molecule has 1 amide bonds. The van der Waals surface area contributed by atoms with Gasteiger partial charge in [0.2, 0.25) is 5.91 Å². The number of nitrogens with one attached hydrogen (secondary N) is 1. The summed E-state index contributed by atoms with van der Waals surface area (Å²) < 4.78 is 0. The van der Waals surface area contributed by atoms with Crippen LogP contribution < -0.4 is 11.1 Å². The summed E-state index contributed by atoms with van der Waals surface area (Å²) in [6.45, 7) is 1.81. The van der Waals surface area contributed by atoms with Crippen molar-refractivity contribution in [1.82, 2.24) is 5.32 Å². The summed E-state index contributed by atoms with van der Waals surface area (Å²) in [5, 5.41) is 2.80. The number of nitrogens with two attached hydrogens (primary N) is 1. The van der Waals surface area contributed by atoms with Crippen molar-refractivity contribution in [2.75, 3.05) is 11.5 Å². The summed E-state index contributed by atoms with van der Waals surface area (Å²) in [6, 6.07) is -0.187. The molecule has 74 valence electrons. The smallest absolute Gasteiger partial charge is 0.224 e. The summed E-state index contributed by atoms with van der Waals surface area (Å²) >= 11 is 6.59. The topological polar surface area (TPSA) is 55.1 Å². The quantitative estimate of drug-likeness (QED) is 0.679. The number of hydrogen-bond donors (Lipinski definition) is 2. The normalized spacial score (nSPS) is 23.9.